The van der Waals surface area contributed by atoms with Crippen LogP contribution in [0.25, 0.3) is 0 Å². The molecule has 0 saturated carbocycles. The summed E-state index contributed by atoms with van der Waals surface area (Å²) < 4.78 is 0. The van der Waals surface area contributed by atoms with Crippen LogP contribution < -0.4 is 5.32 Å². The van der Waals surface area contributed by atoms with Gasteiger partial charge in [0.15, 0.2) is 0 Å². The topological polar surface area (TPSA) is 12.0 Å². The molecule has 0 saturated heterocycles. The van der Waals surface area contributed by atoms with Gasteiger partial charge in [-0.15, -0.1) is 0 Å². The van der Waals surface area contributed by atoms with Crippen LogP contribution in [0.15, 0.2) is 24.3 Å². The lowest BCUT2D eigenvalue weighted by Crippen LogP contribution is -2.27. The summed E-state index contributed by atoms with van der Waals surface area (Å²) in [6.45, 7) is 5.45. The van der Waals surface area contributed by atoms with Crippen LogP contribution in [0.5, 0.6) is 0 Å². The molecule has 0 spiro atoms. The van der Waals surface area contributed by atoms with Gasteiger partial charge in [0.2, 0.25) is 0 Å². The van der Waals surface area contributed by atoms with Crippen molar-refractivity contribution in [3.8, 4) is 0 Å². The molecule has 1 nitrogen and oxygen atoms in total. The molecular formula is C13H21NS. The molecule has 1 atom stereocenters. The third kappa shape index (κ3) is 4.27. The average molecular weight is 223 g/mol. The van der Waals surface area contributed by atoms with Gasteiger partial charge in [-0.2, -0.15) is 11.8 Å². The molecule has 0 amide bonds. The highest BCUT2D eigenvalue weighted by Crippen LogP contribution is 2.09. The maximum absolute atomic E-state index is 3.55. The smallest absolute Gasteiger partial charge is 0.0211 e. The standard InChI is InChI=1S/C13H21NS/c1-4-12-7-5-6-8-13(12)9-14-11(2)10-15-3/h5-8,11,14H,4,9-10H2,1-3H3. The van der Waals surface area contributed by atoms with Gasteiger partial charge in [-0.3, -0.25) is 0 Å². The second-order valence-electron chi connectivity index (χ2n) is 3.86. The zero-order chi connectivity index (χ0) is 11.1. The highest BCUT2D eigenvalue weighted by Gasteiger charge is 2.02. The van der Waals surface area contributed by atoms with Crippen LogP contribution in [0.1, 0.15) is 25.0 Å². The van der Waals surface area contributed by atoms with Crippen LogP contribution in [0.4, 0.5) is 0 Å². The Morgan fingerprint density at radius 2 is 1.93 bits per heavy atom. The van der Waals surface area contributed by atoms with E-state index in [0.29, 0.717) is 6.04 Å². The van der Waals surface area contributed by atoms with Gasteiger partial charge in [-0.25, -0.2) is 0 Å². The second kappa shape index (κ2) is 6.91. The normalized spacial score (nSPS) is 12.7. The first-order valence-electron chi connectivity index (χ1n) is 5.57. The highest BCUT2D eigenvalue weighted by atomic mass is 32.2. The lowest BCUT2D eigenvalue weighted by molar-refractivity contribution is 0.594. The summed E-state index contributed by atoms with van der Waals surface area (Å²) in [5, 5.41) is 3.55. The lowest BCUT2D eigenvalue weighted by atomic mass is 10.1. The fraction of sp³-hybridized carbons (Fsp3) is 0.538. The largest absolute Gasteiger partial charge is 0.309 e. The summed E-state index contributed by atoms with van der Waals surface area (Å²) in [6.07, 6.45) is 3.27. The Bertz CT molecular complexity index is 286. The van der Waals surface area contributed by atoms with Gasteiger partial charge < -0.3 is 5.32 Å². The minimum Gasteiger partial charge on any atom is -0.309 e. The first-order valence-corrected chi connectivity index (χ1v) is 6.96. The van der Waals surface area contributed by atoms with E-state index in [1.165, 1.54) is 16.9 Å². The zero-order valence-corrected chi connectivity index (χ0v) is 10.7. The van der Waals surface area contributed by atoms with Gasteiger partial charge in [0.05, 0.1) is 0 Å². The van der Waals surface area contributed by atoms with Crippen LogP contribution in [0, 0.1) is 0 Å². The summed E-state index contributed by atoms with van der Waals surface area (Å²) >= 11 is 1.89. The first-order chi connectivity index (χ1) is 7.27. The maximum atomic E-state index is 3.55. The van der Waals surface area contributed by atoms with E-state index >= 15 is 0 Å². The van der Waals surface area contributed by atoms with Crippen molar-refractivity contribution in [2.75, 3.05) is 12.0 Å². The monoisotopic (exact) mass is 223 g/mol. The second-order valence-corrected chi connectivity index (χ2v) is 4.77. The molecule has 1 aromatic rings. The van der Waals surface area contributed by atoms with Crippen molar-refractivity contribution in [3.63, 3.8) is 0 Å². The van der Waals surface area contributed by atoms with Crippen molar-refractivity contribution in [2.24, 2.45) is 0 Å². The Kier molecular flexibility index (Phi) is 5.81. The van der Waals surface area contributed by atoms with Crippen molar-refractivity contribution < 1.29 is 0 Å². The van der Waals surface area contributed by atoms with E-state index in [1.54, 1.807) is 0 Å². The molecule has 0 aromatic heterocycles. The summed E-state index contributed by atoms with van der Waals surface area (Å²) in [7, 11) is 0. The third-order valence-electron chi connectivity index (χ3n) is 2.56. The van der Waals surface area contributed by atoms with E-state index in [2.05, 4.69) is 49.7 Å². The van der Waals surface area contributed by atoms with E-state index < -0.39 is 0 Å². The molecule has 15 heavy (non-hydrogen) atoms. The van der Waals surface area contributed by atoms with E-state index in [-0.39, 0.29) is 0 Å². The first kappa shape index (κ1) is 12.6. The van der Waals surface area contributed by atoms with Gasteiger partial charge in [-0.1, -0.05) is 31.2 Å². The third-order valence-corrected chi connectivity index (χ3v) is 3.39. The molecule has 1 N–H and O–H groups in total. The molecule has 84 valence electrons. The number of hydrogen-bond acceptors (Lipinski definition) is 2. The van der Waals surface area contributed by atoms with Crippen molar-refractivity contribution in [2.45, 2.75) is 32.9 Å². The molecule has 0 aliphatic rings. The Morgan fingerprint density at radius 1 is 1.27 bits per heavy atom. The molecule has 1 unspecified atom stereocenters. The quantitative estimate of drug-likeness (QED) is 0.795. The van der Waals surface area contributed by atoms with Crippen LogP contribution in [0.3, 0.4) is 0 Å². The lowest BCUT2D eigenvalue weighted by Gasteiger charge is -2.14. The summed E-state index contributed by atoms with van der Waals surface area (Å²) in [5.74, 6) is 1.17. The van der Waals surface area contributed by atoms with E-state index in [4.69, 9.17) is 0 Å². The summed E-state index contributed by atoms with van der Waals surface area (Å²) in [6, 6.07) is 9.27. The fourth-order valence-electron chi connectivity index (χ4n) is 1.67. The number of thioether (sulfide) groups is 1. The summed E-state index contributed by atoms with van der Waals surface area (Å²) in [4.78, 5) is 0. The van der Waals surface area contributed by atoms with Crippen molar-refractivity contribution in [3.05, 3.63) is 35.4 Å². The molecule has 1 rings (SSSR count). The molecule has 1 aromatic carbocycles. The molecular weight excluding hydrogens is 202 g/mol. The fourth-order valence-corrected chi connectivity index (χ4v) is 2.29. The Morgan fingerprint density at radius 3 is 2.53 bits per heavy atom. The van der Waals surface area contributed by atoms with Gasteiger partial charge in [0.1, 0.15) is 0 Å². The zero-order valence-electron chi connectivity index (χ0n) is 9.92. The molecule has 0 heterocycles. The van der Waals surface area contributed by atoms with Crippen molar-refractivity contribution in [1.82, 2.24) is 5.32 Å². The minimum atomic E-state index is 0.588. The number of aryl methyl sites for hydroxylation is 1. The van der Waals surface area contributed by atoms with Gasteiger partial charge >= 0.3 is 0 Å². The van der Waals surface area contributed by atoms with Gasteiger partial charge in [0, 0.05) is 18.3 Å². The van der Waals surface area contributed by atoms with Crippen LogP contribution in [-0.4, -0.2) is 18.1 Å². The van der Waals surface area contributed by atoms with E-state index in [0.717, 1.165) is 13.0 Å². The SMILES string of the molecule is CCc1ccccc1CNC(C)CSC. The predicted molar refractivity (Wildman–Crippen MR) is 70.5 cm³/mol. The van der Waals surface area contributed by atoms with Crippen molar-refractivity contribution in [1.29, 1.82) is 0 Å². The Hall–Kier alpha value is -0.470. The van der Waals surface area contributed by atoms with E-state index in [1.807, 2.05) is 11.8 Å². The van der Waals surface area contributed by atoms with Crippen LogP contribution in [-0.2, 0) is 13.0 Å². The molecule has 0 aliphatic carbocycles. The number of rotatable bonds is 6. The van der Waals surface area contributed by atoms with Gasteiger partial charge in [-0.05, 0) is 30.7 Å². The Balaban J connectivity index is 2.49. The van der Waals surface area contributed by atoms with Crippen LogP contribution in [0.2, 0.25) is 0 Å². The average Bonchev–Trinajstić information content (AvgIpc) is 2.27. The minimum absolute atomic E-state index is 0.588. The number of nitrogens with one attached hydrogen (secondary N) is 1. The molecule has 0 bridgehead atoms. The molecule has 0 fully saturated rings. The predicted octanol–water partition coefficient (Wildman–Crippen LogP) is 3.09. The number of hydrogen-bond donors (Lipinski definition) is 1. The highest BCUT2D eigenvalue weighted by molar-refractivity contribution is 7.98. The molecule has 0 radical (unpaired) electrons. The van der Waals surface area contributed by atoms with E-state index in [9.17, 15) is 0 Å². The molecule has 0 aliphatic heterocycles. The van der Waals surface area contributed by atoms with Gasteiger partial charge in [0.25, 0.3) is 0 Å². The number of benzene rings is 1. The summed E-state index contributed by atoms with van der Waals surface area (Å²) in [5.41, 5.74) is 2.90. The van der Waals surface area contributed by atoms with Crippen LogP contribution >= 0.6 is 11.8 Å². The maximum Gasteiger partial charge on any atom is 0.0211 e. The Labute approximate surface area is 97.7 Å². The van der Waals surface area contributed by atoms with Crippen molar-refractivity contribution >= 4 is 11.8 Å². The molecule has 2 heteroatoms.